The van der Waals surface area contributed by atoms with Gasteiger partial charge in [-0.15, -0.1) is 11.6 Å². The van der Waals surface area contributed by atoms with Gasteiger partial charge in [0.05, 0.1) is 11.4 Å². The average Bonchev–Trinajstić information content (AvgIpc) is 3.36. The van der Waals surface area contributed by atoms with E-state index in [1.165, 1.54) is 0 Å². The first kappa shape index (κ1) is 16.9. The molecule has 2 heterocycles. The molecule has 2 aliphatic heterocycles. The normalized spacial score (nSPS) is 13.5. The van der Waals surface area contributed by atoms with Crippen molar-refractivity contribution >= 4 is 11.6 Å². The Labute approximate surface area is 166 Å². The van der Waals surface area contributed by atoms with Gasteiger partial charge in [-0.3, -0.25) is 0 Å². The second-order valence-corrected chi connectivity index (χ2v) is 6.37. The molecule has 0 saturated heterocycles. The van der Waals surface area contributed by atoms with E-state index in [0.717, 1.165) is 5.56 Å². The Morgan fingerprint density at radius 2 is 1.18 bits per heavy atom. The summed E-state index contributed by atoms with van der Waals surface area (Å²) in [5.41, 5.74) is 0.736. The molecule has 0 spiro atoms. The van der Waals surface area contributed by atoms with E-state index in [0.29, 0.717) is 46.0 Å². The molecule has 3 aromatic rings. The highest BCUT2D eigenvalue weighted by Crippen LogP contribution is 2.41. The van der Waals surface area contributed by atoms with Crippen LogP contribution in [0.2, 0.25) is 0 Å². The van der Waals surface area contributed by atoms with Crippen molar-refractivity contribution in [3.63, 3.8) is 0 Å². The molecule has 0 bridgehead atoms. The van der Waals surface area contributed by atoms with Crippen molar-refractivity contribution < 1.29 is 28.4 Å². The summed E-state index contributed by atoms with van der Waals surface area (Å²) in [4.78, 5) is 0. The maximum atomic E-state index is 6.21. The summed E-state index contributed by atoms with van der Waals surface area (Å²) in [6.45, 7) is 0.426. The summed E-state index contributed by atoms with van der Waals surface area (Å²) < 4.78 is 33.5. The molecule has 0 aromatic heterocycles. The SMILES string of the molecule is ClCc1c(Oc2ccc3c(c2)OCO3)cccc1Oc1ccc2c(c1)OCO2. The number of fused-ring (bicyclic) bond motifs is 2. The topological polar surface area (TPSA) is 55.4 Å². The summed E-state index contributed by atoms with van der Waals surface area (Å²) in [5, 5.41) is 0. The fraction of sp³-hybridized carbons (Fsp3) is 0.143. The summed E-state index contributed by atoms with van der Waals surface area (Å²) in [7, 11) is 0. The maximum Gasteiger partial charge on any atom is 0.231 e. The number of rotatable bonds is 5. The lowest BCUT2D eigenvalue weighted by molar-refractivity contribution is 0.173. The molecule has 7 heteroatoms. The van der Waals surface area contributed by atoms with Gasteiger partial charge in [0.25, 0.3) is 0 Å². The van der Waals surface area contributed by atoms with Crippen molar-refractivity contribution in [1.29, 1.82) is 0 Å². The van der Waals surface area contributed by atoms with Crippen LogP contribution in [0.4, 0.5) is 0 Å². The highest BCUT2D eigenvalue weighted by Gasteiger charge is 2.18. The van der Waals surface area contributed by atoms with E-state index in [-0.39, 0.29) is 19.5 Å². The smallest absolute Gasteiger partial charge is 0.231 e. The zero-order valence-electron chi connectivity index (χ0n) is 14.6. The van der Waals surface area contributed by atoms with E-state index < -0.39 is 0 Å². The van der Waals surface area contributed by atoms with Crippen LogP contribution in [0.1, 0.15) is 5.56 Å². The third-order valence-corrected chi connectivity index (χ3v) is 4.63. The largest absolute Gasteiger partial charge is 0.457 e. The second-order valence-electron chi connectivity index (χ2n) is 6.10. The molecule has 0 N–H and O–H groups in total. The van der Waals surface area contributed by atoms with Crippen LogP contribution in [0.5, 0.6) is 46.0 Å². The van der Waals surface area contributed by atoms with E-state index >= 15 is 0 Å². The van der Waals surface area contributed by atoms with E-state index in [9.17, 15) is 0 Å². The molecule has 0 fully saturated rings. The Hall–Kier alpha value is -3.25. The number of ether oxygens (including phenoxy) is 6. The van der Waals surface area contributed by atoms with Crippen LogP contribution in [0.15, 0.2) is 54.6 Å². The van der Waals surface area contributed by atoms with Gasteiger partial charge in [0, 0.05) is 12.1 Å². The Morgan fingerprint density at radius 3 is 1.68 bits per heavy atom. The molecule has 0 atom stereocenters. The monoisotopic (exact) mass is 398 g/mol. The van der Waals surface area contributed by atoms with E-state index in [1.54, 1.807) is 12.1 Å². The lowest BCUT2D eigenvalue weighted by Gasteiger charge is -2.15. The number of benzene rings is 3. The van der Waals surface area contributed by atoms with Gasteiger partial charge in [-0.2, -0.15) is 0 Å². The third-order valence-electron chi connectivity index (χ3n) is 4.37. The van der Waals surface area contributed by atoms with Crippen molar-refractivity contribution in [3.8, 4) is 46.0 Å². The van der Waals surface area contributed by atoms with Crippen molar-refractivity contribution in [1.82, 2.24) is 0 Å². The van der Waals surface area contributed by atoms with Gasteiger partial charge in [0.2, 0.25) is 13.6 Å². The van der Waals surface area contributed by atoms with Crippen molar-refractivity contribution in [2.45, 2.75) is 5.88 Å². The Morgan fingerprint density at radius 1 is 0.679 bits per heavy atom. The number of alkyl halides is 1. The van der Waals surface area contributed by atoms with Gasteiger partial charge in [-0.25, -0.2) is 0 Å². The van der Waals surface area contributed by atoms with Gasteiger partial charge >= 0.3 is 0 Å². The first-order valence-electron chi connectivity index (χ1n) is 8.63. The summed E-state index contributed by atoms with van der Waals surface area (Å²) in [6.07, 6.45) is 0. The third kappa shape index (κ3) is 3.12. The highest BCUT2D eigenvalue weighted by atomic mass is 35.5. The number of hydrogen-bond donors (Lipinski definition) is 0. The van der Waals surface area contributed by atoms with Crippen LogP contribution in [-0.4, -0.2) is 13.6 Å². The zero-order valence-corrected chi connectivity index (χ0v) is 15.4. The van der Waals surface area contributed by atoms with Crippen molar-refractivity contribution in [2.75, 3.05) is 13.6 Å². The van der Waals surface area contributed by atoms with Gasteiger partial charge in [0.15, 0.2) is 23.0 Å². The molecule has 142 valence electrons. The predicted octanol–water partition coefficient (Wildman–Crippen LogP) is 5.47. The van der Waals surface area contributed by atoms with Gasteiger partial charge in [0.1, 0.15) is 23.0 Å². The standard InChI is InChI=1S/C21H15ClO6/c22-10-15-16(27-13-4-6-18-20(8-13)25-11-23-18)2-1-3-17(15)28-14-5-7-19-21(9-14)26-12-24-19/h1-9H,10-12H2. The van der Waals surface area contributed by atoms with E-state index in [2.05, 4.69) is 0 Å². The molecular formula is C21H15ClO6. The molecule has 0 unspecified atom stereocenters. The molecule has 3 aromatic carbocycles. The molecule has 2 aliphatic rings. The highest BCUT2D eigenvalue weighted by molar-refractivity contribution is 6.17. The molecular weight excluding hydrogens is 384 g/mol. The molecule has 28 heavy (non-hydrogen) atoms. The molecule has 0 saturated carbocycles. The van der Waals surface area contributed by atoms with Crippen molar-refractivity contribution in [2.24, 2.45) is 0 Å². The number of hydrogen-bond acceptors (Lipinski definition) is 6. The fourth-order valence-electron chi connectivity index (χ4n) is 3.00. The lowest BCUT2D eigenvalue weighted by atomic mass is 10.2. The molecule has 0 radical (unpaired) electrons. The number of halogens is 1. The Bertz CT molecular complexity index is 958. The van der Waals surface area contributed by atoms with Crippen LogP contribution in [-0.2, 0) is 5.88 Å². The molecule has 5 rings (SSSR count). The Balaban J connectivity index is 1.42. The Kier molecular flexibility index (Phi) is 4.25. The van der Waals surface area contributed by atoms with Crippen LogP contribution in [0.3, 0.4) is 0 Å². The lowest BCUT2D eigenvalue weighted by Crippen LogP contribution is -1.95. The van der Waals surface area contributed by atoms with Crippen LogP contribution < -0.4 is 28.4 Å². The van der Waals surface area contributed by atoms with Gasteiger partial charge in [-0.1, -0.05) is 6.07 Å². The second kappa shape index (κ2) is 7.05. The minimum atomic E-state index is 0.213. The fourth-order valence-corrected chi connectivity index (χ4v) is 3.27. The summed E-state index contributed by atoms with van der Waals surface area (Å²) in [6, 6.07) is 16.4. The quantitative estimate of drug-likeness (QED) is 0.531. The van der Waals surface area contributed by atoms with Crippen LogP contribution in [0, 0.1) is 0 Å². The zero-order chi connectivity index (χ0) is 18.9. The summed E-state index contributed by atoms with van der Waals surface area (Å²) >= 11 is 6.21. The molecule has 0 amide bonds. The first-order chi connectivity index (χ1) is 13.8. The molecule has 0 aliphatic carbocycles. The average molecular weight is 399 g/mol. The first-order valence-corrected chi connectivity index (χ1v) is 9.16. The van der Waals surface area contributed by atoms with Crippen molar-refractivity contribution in [3.05, 3.63) is 60.2 Å². The predicted molar refractivity (Wildman–Crippen MR) is 101 cm³/mol. The van der Waals surface area contributed by atoms with E-state index in [1.807, 2.05) is 42.5 Å². The molecule has 6 nitrogen and oxygen atoms in total. The van der Waals surface area contributed by atoms with Gasteiger partial charge < -0.3 is 28.4 Å². The summed E-state index contributed by atoms with van der Waals surface area (Å²) in [5.74, 6) is 5.37. The van der Waals surface area contributed by atoms with Crippen LogP contribution in [0.25, 0.3) is 0 Å². The minimum absolute atomic E-state index is 0.213. The van der Waals surface area contributed by atoms with E-state index in [4.69, 9.17) is 40.0 Å². The van der Waals surface area contributed by atoms with Gasteiger partial charge in [-0.05, 0) is 36.4 Å². The minimum Gasteiger partial charge on any atom is -0.457 e. The van der Waals surface area contributed by atoms with Crippen LogP contribution >= 0.6 is 11.6 Å². The maximum absolute atomic E-state index is 6.21.